The fourth-order valence-corrected chi connectivity index (χ4v) is 2.30. The second kappa shape index (κ2) is 7.64. The number of hydrogen-bond donors (Lipinski definition) is 1. The second-order valence-corrected chi connectivity index (χ2v) is 5.76. The van der Waals surface area contributed by atoms with Crippen molar-refractivity contribution in [2.45, 2.75) is 13.8 Å². The molecule has 0 fully saturated rings. The first kappa shape index (κ1) is 17.5. The number of benzene rings is 2. The van der Waals surface area contributed by atoms with E-state index in [4.69, 9.17) is 4.74 Å². The Bertz CT molecular complexity index is 739. The lowest BCUT2D eigenvalue weighted by Gasteiger charge is -2.17. The average molecular weight is 326 g/mol. The first-order valence-electron chi connectivity index (χ1n) is 7.67. The zero-order chi connectivity index (χ0) is 17.7. The number of carbonyl (C=O) groups excluding carboxylic acids is 2. The van der Waals surface area contributed by atoms with Gasteiger partial charge in [-0.05, 0) is 43.7 Å². The molecule has 0 saturated heterocycles. The van der Waals surface area contributed by atoms with Crippen LogP contribution in [-0.4, -0.2) is 37.4 Å². The number of rotatable bonds is 5. The monoisotopic (exact) mass is 326 g/mol. The van der Waals surface area contributed by atoms with Crippen molar-refractivity contribution < 1.29 is 14.3 Å². The first-order valence-corrected chi connectivity index (χ1v) is 7.67. The van der Waals surface area contributed by atoms with Gasteiger partial charge in [-0.15, -0.1) is 0 Å². The van der Waals surface area contributed by atoms with Gasteiger partial charge in [-0.1, -0.05) is 23.8 Å². The molecule has 0 aliphatic carbocycles. The maximum atomic E-state index is 12.4. The van der Waals surface area contributed by atoms with Gasteiger partial charge in [0.15, 0.2) is 0 Å². The number of nitrogens with one attached hydrogen (secondary N) is 1. The molecule has 0 bridgehead atoms. The summed E-state index contributed by atoms with van der Waals surface area (Å²) in [7, 11) is 3.17. The van der Waals surface area contributed by atoms with E-state index in [1.54, 1.807) is 26.3 Å². The maximum Gasteiger partial charge on any atom is 0.254 e. The van der Waals surface area contributed by atoms with Gasteiger partial charge in [-0.2, -0.15) is 0 Å². The molecule has 0 unspecified atom stereocenters. The number of carbonyl (C=O) groups is 2. The third-order valence-electron chi connectivity index (χ3n) is 3.72. The lowest BCUT2D eigenvalue weighted by atomic mass is 10.1. The van der Waals surface area contributed by atoms with E-state index in [1.165, 1.54) is 4.90 Å². The highest BCUT2D eigenvalue weighted by Crippen LogP contribution is 2.19. The lowest BCUT2D eigenvalue weighted by Crippen LogP contribution is -2.34. The fraction of sp³-hybridized carbons (Fsp3) is 0.263. The molecular weight excluding hydrogens is 304 g/mol. The Morgan fingerprint density at radius 1 is 1.08 bits per heavy atom. The van der Waals surface area contributed by atoms with Crippen LogP contribution in [0.25, 0.3) is 0 Å². The summed E-state index contributed by atoms with van der Waals surface area (Å²) in [4.78, 5) is 25.9. The molecule has 2 rings (SSSR count). The average Bonchev–Trinajstić information content (AvgIpc) is 2.56. The molecule has 0 aliphatic heterocycles. The van der Waals surface area contributed by atoms with Crippen LogP contribution in [0.2, 0.25) is 0 Å². The normalized spacial score (nSPS) is 10.2. The van der Waals surface area contributed by atoms with Crippen LogP contribution >= 0.6 is 0 Å². The molecule has 0 aromatic heterocycles. The van der Waals surface area contributed by atoms with E-state index in [1.807, 2.05) is 44.2 Å². The van der Waals surface area contributed by atoms with Crippen molar-refractivity contribution in [3.05, 3.63) is 59.2 Å². The van der Waals surface area contributed by atoms with Gasteiger partial charge >= 0.3 is 0 Å². The minimum atomic E-state index is -0.242. The van der Waals surface area contributed by atoms with Crippen molar-refractivity contribution in [3.8, 4) is 5.75 Å². The molecule has 0 atom stereocenters. The number of ether oxygens (including phenoxy) is 1. The molecule has 0 radical (unpaired) electrons. The minimum Gasteiger partial charge on any atom is -0.496 e. The van der Waals surface area contributed by atoms with Gasteiger partial charge < -0.3 is 15.0 Å². The molecule has 0 saturated carbocycles. The van der Waals surface area contributed by atoms with Crippen LogP contribution in [-0.2, 0) is 4.79 Å². The number of anilines is 1. The van der Waals surface area contributed by atoms with Crippen molar-refractivity contribution in [2.24, 2.45) is 0 Å². The van der Waals surface area contributed by atoms with E-state index in [0.29, 0.717) is 17.0 Å². The summed E-state index contributed by atoms with van der Waals surface area (Å²) in [5.74, 6) is 0.180. The van der Waals surface area contributed by atoms with Crippen molar-refractivity contribution >= 4 is 17.5 Å². The molecule has 2 aromatic carbocycles. The number of amides is 2. The zero-order valence-electron chi connectivity index (χ0n) is 14.4. The Labute approximate surface area is 142 Å². The van der Waals surface area contributed by atoms with Crippen molar-refractivity contribution in [3.63, 3.8) is 0 Å². The smallest absolute Gasteiger partial charge is 0.254 e. The molecule has 2 aromatic rings. The standard InChI is InChI=1S/C19H22N2O3/c1-13-5-9-16(10-6-13)20-18(22)12-21(3)19(23)15-8-7-14(2)17(11-15)24-4/h5-11H,12H2,1-4H3,(H,20,22). The predicted molar refractivity (Wildman–Crippen MR) is 94.5 cm³/mol. The SMILES string of the molecule is COc1cc(C(=O)N(C)CC(=O)Nc2ccc(C)cc2)ccc1C. The van der Waals surface area contributed by atoms with Crippen LogP contribution in [0.1, 0.15) is 21.5 Å². The molecule has 24 heavy (non-hydrogen) atoms. The van der Waals surface area contributed by atoms with Crippen LogP contribution in [0.15, 0.2) is 42.5 Å². The number of aryl methyl sites for hydroxylation is 2. The number of nitrogens with zero attached hydrogens (tertiary/aromatic N) is 1. The van der Waals surface area contributed by atoms with Gasteiger partial charge in [0.2, 0.25) is 5.91 Å². The Balaban J connectivity index is 2.00. The predicted octanol–water partition coefficient (Wildman–Crippen LogP) is 3.02. The van der Waals surface area contributed by atoms with E-state index in [0.717, 1.165) is 11.1 Å². The third kappa shape index (κ3) is 4.35. The largest absolute Gasteiger partial charge is 0.496 e. The third-order valence-corrected chi connectivity index (χ3v) is 3.72. The molecule has 2 amide bonds. The molecule has 5 nitrogen and oxygen atoms in total. The molecule has 126 valence electrons. The van der Waals surface area contributed by atoms with Crippen LogP contribution in [0.4, 0.5) is 5.69 Å². The molecule has 0 aliphatic rings. The quantitative estimate of drug-likeness (QED) is 0.919. The molecule has 1 N–H and O–H groups in total. The molecule has 5 heteroatoms. The molecular formula is C19H22N2O3. The maximum absolute atomic E-state index is 12.4. The van der Waals surface area contributed by atoms with Gasteiger partial charge in [-0.3, -0.25) is 9.59 Å². The van der Waals surface area contributed by atoms with Gasteiger partial charge in [0, 0.05) is 18.3 Å². The summed E-state index contributed by atoms with van der Waals surface area (Å²) in [6.07, 6.45) is 0. The van der Waals surface area contributed by atoms with Crippen LogP contribution in [0.5, 0.6) is 5.75 Å². The van der Waals surface area contributed by atoms with E-state index < -0.39 is 0 Å². The van der Waals surface area contributed by atoms with Crippen molar-refractivity contribution in [2.75, 3.05) is 26.0 Å². The Kier molecular flexibility index (Phi) is 5.58. The van der Waals surface area contributed by atoms with Crippen LogP contribution in [0.3, 0.4) is 0 Å². The van der Waals surface area contributed by atoms with Crippen molar-refractivity contribution in [1.82, 2.24) is 4.90 Å². The second-order valence-electron chi connectivity index (χ2n) is 5.76. The molecule has 0 heterocycles. The van der Waals surface area contributed by atoms with E-state index in [9.17, 15) is 9.59 Å². The first-order chi connectivity index (χ1) is 11.4. The lowest BCUT2D eigenvalue weighted by molar-refractivity contribution is -0.116. The number of likely N-dealkylation sites (N-methyl/N-ethyl adjacent to an activating group) is 1. The molecule has 0 spiro atoms. The Morgan fingerprint density at radius 3 is 2.38 bits per heavy atom. The van der Waals surface area contributed by atoms with Crippen LogP contribution < -0.4 is 10.1 Å². The van der Waals surface area contributed by atoms with E-state index in [2.05, 4.69) is 5.32 Å². The Morgan fingerprint density at radius 2 is 1.75 bits per heavy atom. The van der Waals surface area contributed by atoms with Gasteiger partial charge in [-0.25, -0.2) is 0 Å². The summed E-state index contributed by atoms with van der Waals surface area (Å²) in [5.41, 5.74) is 3.27. The van der Waals surface area contributed by atoms with Gasteiger partial charge in [0.05, 0.1) is 13.7 Å². The number of methoxy groups -OCH3 is 1. The highest BCUT2D eigenvalue weighted by Gasteiger charge is 2.16. The Hall–Kier alpha value is -2.82. The van der Waals surface area contributed by atoms with Gasteiger partial charge in [0.1, 0.15) is 5.75 Å². The van der Waals surface area contributed by atoms with Crippen LogP contribution in [0, 0.1) is 13.8 Å². The summed E-state index contributed by atoms with van der Waals surface area (Å²) in [5, 5.41) is 2.78. The minimum absolute atomic E-state index is 0.0249. The fourth-order valence-electron chi connectivity index (χ4n) is 2.30. The van der Waals surface area contributed by atoms with E-state index in [-0.39, 0.29) is 18.4 Å². The summed E-state index contributed by atoms with van der Waals surface area (Å²) in [6.45, 7) is 3.86. The highest BCUT2D eigenvalue weighted by molar-refractivity contribution is 5.99. The zero-order valence-corrected chi connectivity index (χ0v) is 14.4. The summed E-state index contributed by atoms with van der Waals surface area (Å²) in [6, 6.07) is 12.7. The highest BCUT2D eigenvalue weighted by atomic mass is 16.5. The van der Waals surface area contributed by atoms with E-state index >= 15 is 0 Å². The summed E-state index contributed by atoms with van der Waals surface area (Å²) < 4.78 is 5.24. The van der Waals surface area contributed by atoms with Gasteiger partial charge in [0.25, 0.3) is 5.91 Å². The topological polar surface area (TPSA) is 58.6 Å². The number of hydrogen-bond acceptors (Lipinski definition) is 3. The van der Waals surface area contributed by atoms with Crippen molar-refractivity contribution in [1.29, 1.82) is 0 Å². The summed E-state index contributed by atoms with van der Waals surface area (Å²) >= 11 is 0.